The number of carbonyl (C=O) groups is 1. The second-order valence-corrected chi connectivity index (χ2v) is 5.73. The molecule has 1 fully saturated rings. The molecule has 1 aliphatic rings. The summed E-state index contributed by atoms with van der Waals surface area (Å²) in [5.41, 5.74) is -0.436. The minimum atomic E-state index is -0.436. The van der Waals surface area contributed by atoms with Crippen LogP contribution in [0, 0.1) is 0 Å². The van der Waals surface area contributed by atoms with Gasteiger partial charge < -0.3 is 20.3 Å². The first-order valence-electron chi connectivity index (χ1n) is 6.81. The van der Waals surface area contributed by atoms with E-state index >= 15 is 0 Å². The summed E-state index contributed by atoms with van der Waals surface area (Å²) in [6.45, 7) is 9.92. The van der Waals surface area contributed by atoms with Crippen LogP contribution in [0.2, 0.25) is 0 Å². The molecule has 0 unspecified atom stereocenters. The minimum absolute atomic E-state index is 0. The number of hydrogen-bond acceptors (Lipinski definition) is 3. The molecule has 0 spiro atoms. The maximum absolute atomic E-state index is 11.7. The topological polar surface area (TPSA) is 66.0 Å². The van der Waals surface area contributed by atoms with Crippen molar-refractivity contribution in [2.45, 2.75) is 45.8 Å². The standard InChI is InChI=1S/C13H26N4O2.HI/c1-6-7-15-11(14-5)16-10-8-17(9-10)12(18)19-13(2,3)4;/h10H,6-9H2,1-5H3,(H2,14,15,16);1H. The SMILES string of the molecule is CCCNC(=NC)NC1CN(C(=O)OC(C)(C)C)C1.I. The Morgan fingerprint density at radius 1 is 1.40 bits per heavy atom. The first-order valence-corrected chi connectivity index (χ1v) is 6.81. The van der Waals surface area contributed by atoms with Gasteiger partial charge in [0.05, 0.1) is 6.04 Å². The summed E-state index contributed by atoms with van der Waals surface area (Å²) in [6, 6.07) is 0.246. The van der Waals surface area contributed by atoms with Gasteiger partial charge in [-0.1, -0.05) is 6.92 Å². The van der Waals surface area contributed by atoms with Gasteiger partial charge in [-0.3, -0.25) is 4.99 Å². The third-order valence-corrected chi connectivity index (χ3v) is 2.64. The van der Waals surface area contributed by atoms with Crippen LogP contribution in [0.4, 0.5) is 4.79 Å². The van der Waals surface area contributed by atoms with Crippen LogP contribution in [0.1, 0.15) is 34.1 Å². The Labute approximate surface area is 138 Å². The van der Waals surface area contributed by atoms with Gasteiger partial charge in [-0.25, -0.2) is 4.79 Å². The Kier molecular flexibility index (Phi) is 8.22. The molecule has 1 saturated heterocycles. The summed E-state index contributed by atoms with van der Waals surface area (Å²) in [7, 11) is 1.75. The van der Waals surface area contributed by atoms with Gasteiger partial charge in [-0.15, -0.1) is 24.0 Å². The molecule has 1 heterocycles. The molecule has 6 nitrogen and oxygen atoms in total. The summed E-state index contributed by atoms with van der Waals surface area (Å²) >= 11 is 0. The van der Waals surface area contributed by atoms with E-state index < -0.39 is 5.60 Å². The van der Waals surface area contributed by atoms with E-state index in [2.05, 4.69) is 22.5 Å². The number of carbonyl (C=O) groups excluding carboxylic acids is 1. The van der Waals surface area contributed by atoms with Crippen molar-refractivity contribution in [3.8, 4) is 0 Å². The molecule has 0 aromatic heterocycles. The van der Waals surface area contributed by atoms with Crippen LogP contribution >= 0.6 is 24.0 Å². The average molecular weight is 398 g/mol. The number of halogens is 1. The number of rotatable bonds is 3. The summed E-state index contributed by atoms with van der Waals surface area (Å²) in [5.74, 6) is 0.788. The van der Waals surface area contributed by atoms with Gasteiger partial charge in [0.25, 0.3) is 0 Å². The van der Waals surface area contributed by atoms with E-state index in [1.165, 1.54) is 0 Å². The van der Waals surface area contributed by atoms with Gasteiger partial charge >= 0.3 is 6.09 Å². The van der Waals surface area contributed by atoms with Crippen LogP contribution in [-0.2, 0) is 4.74 Å². The quantitative estimate of drug-likeness (QED) is 0.432. The number of amides is 1. The molecule has 1 aliphatic heterocycles. The van der Waals surface area contributed by atoms with Crippen LogP contribution in [-0.4, -0.2) is 55.3 Å². The zero-order valence-corrected chi connectivity index (χ0v) is 15.4. The first-order chi connectivity index (χ1) is 8.85. The fourth-order valence-electron chi connectivity index (χ4n) is 1.68. The van der Waals surface area contributed by atoms with Crippen molar-refractivity contribution in [1.29, 1.82) is 0 Å². The van der Waals surface area contributed by atoms with Crippen molar-refractivity contribution in [1.82, 2.24) is 15.5 Å². The van der Waals surface area contributed by atoms with E-state index in [4.69, 9.17) is 4.74 Å². The van der Waals surface area contributed by atoms with Crippen LogP contribution in [0.25, 0.3) is 0 Å². The number of likely N-dealkylation sites (tertiary alicyclic amines) is 1. The fourth-order valence-corrected chi connectivity index (χ4v) is 1.68. The minimum Gasteiger partial charge on any atom is -0.444 e. The van der Waals surface area contributed by atoms with Crippen molar-refractivity contribution in [3.05, 3.63) is 0 Å². The van der Waals surface area contributed by atoms with Crippen LogP contribution in [0.3, 0.4) is 0 Å². The number of ether oxygens (including phenoxy) is 1. The molecule has 2 N–H and O–H groups in total. The number of nitrogens with zero attached hydrogens (tertiary/aromatic N) is 2. The largest absolute Gasteiger partial charge is 0.444 e. The molecule has 0 radical (unpaired) electrons. The summed E-state index contributed by atoms with van der Waals surface area (Å²) in [4.78, 5) is 17.6. The van der Waals surface area contributed by atoms with E-state index in [-0.39, 0.29) is 36.1 Å². The van der Waals surface area contributed by atoms with Gasteiger partial charge in [0.15, 0.2) is 5.96 Å². The molecule has 0 atom stereocenters. The lowest BCUT2D eigenvalue weighted by Crippen LogP contribution is -2.63. The molecular weight excluding hydrogens is 371 g/mol. The highest BCUT2D eigenvalue weighted by atomic mass is 127. The second kappa shape index (κ2) is 8.53. The Morgan fingerprint density at radius 2 is 2.00 bits per heavy atom. The summed E-state index contributed by atoms with van der Waals surface area (Å²) in [5, 5.41) is 6.48. The summed E-state index contributed by atoms with van der Waals surface area (Å²) in [6.07, 6.45) is 0.803. The lowest BCUT2D eigenvalue weighted by molar-refractivity contribution is 0.00701. The van der Waals surface area contributed by atoms with E-state index in [1.54, 1.807) is 11.9 Å². The predicted octanol–water partition coefficient (Wildman–Crippen LogP) is 1.80. The molecule has 7 heteroatoms. The van der Waals surface area contributed by atoms with Crippen molar-refractivity contribution >= 4 is 36.0 Å². The Bertz CT molecular complexity index is 336. The molecule has 0 aromatic rings. The first kappa shape index (κ1) is 19.3. The van der Waals surface area contributed by atoms with Gasteiger partial charge in [0.1, 0.15) is 5.60 Å². The smallest absolute Gasteiger partial charge is 0.410 e. The van der Waals surface area contributed by atoms with Crippen molar-refractivity contribution < 1.29 is 9.53 Å². The molecule has 0 aromatic carbocycles. The third-order valence-electron chi connectivity index (χ3n) is 2.64. The molecular formula is C13H27IN4O2. The molecule has 1 rings (SSSR count). The molecule has 1 amide bonds. The molecule has 20 heavy (non-hydrogen) atoms. The van der Waals surface area contributed by atoms with Crippen LogP contribution in [0.5, 0.6) is 0 Å². The zero-order chi connectivity index (χ0) is 14.5. The second-order valence-electron chi connectivity index (χ2n) is 5.73. The van der Waals surface area contributed by atoms with Gasteiger partial charge in [0, 0.05) is 26.7 Å². The number of guanidine groups is 1. The van der Waals surface area contributed by atoms with Gasteiger partial charge in [0.2, 0.25) is 0 Å². The highest BCUT2D eigenvalue weighted by Crippen LogP contribution is 2.14. The average Bonchev–Trinajstić information content (AvgIpc) is 2.24. The third kappa shape index (κ3) is 6.62. The maximum Gasteiger partial charge on any atom is 0.410 e. The highest BCUT2D eigenvalue weighted by Gasteiger charge is 2.33. The van der Waals surface area contributed by atoms with Gasteiger partial charge in [-0.05, 0) is 27.2 Å². The number of aliphatic imine (C=N–C) groups is 1. The summed E-state index contributed by atoms with van der Waals surface area (Å²) < 4.78 is 5.30. The predicted molar refractivity (Wildman–Crippen MR) is 91.8 cm³/mol. The van der Waals surface area contributed by atoms with Crippen molar-refractivity contribution in [3.63, 3.8) is 0 Å². The van der Waals surface area contributed by atoms with Crippen molar-refractivity contribution in [2.24, 2.45) is 4.99 Å². The van der Waals surface area contributed by atoms with Gasteiger partial charge in [-0.2, -0.15) is 0 Å². The highest BCUT2D eigenvalue weighted by molar-refractivity contribution is 14.0. The van der Waals surface area contributed by atoms with Crippen LogP contribution in [0.15, 0.2) is 4.99 Å². The lowest BCUT2D eigenvalue weighted by atomic mass is 10.1. The Morgan fingerprint density at radius 3 is 2.45 bits per heavy atom. The van der Waals surface area contributed by atoms with Crippen LogP contribution < -0.4 is 10.6 Å². The molecule has 0 aliphatic carbocycles. The van der Waals surface area contributed by atoms with Crippen molar-refractivity contribution in [2.75, 3.05) is 26.7 Å². The van der Waals surface area contributed by atoms with E-state index in [0.717, 1.165) is 18.9 Å². The number of hydrogen-bond donors (Lipinski definition) is 2. The number of nitrogens with one attached hydrogen (secondary N) is 2. The molecule has 0 saturated carbocycles. The Hall–Kier alpha value is -0.730. The lowest BCUT2D eigenvalue weighted by Gasteiger charge is -2.40. The molecule has 0 bridgehead atoms. The Balaban J connectivity index is 0.00000361. The van der Waals surface area contributed by atoms with E-state index in [1.807, 2.05) is 20.8 Å². The normalized spacial score (nSPS) is 16.1. The van der Waals surface area contributed by atoms with E-state index in [0.29, 0.717) is 13.1 Å². The molecule has 118 valence electrons. The van der Waals surface area contributed by atoms with E-state index in [9.17, 15) is 4.79 Å². The fraction of sp³-hybridized carbons (Fsp3) is 0.846. The zero-order valence-electron chi connectivity index (χ0n) is 13.0. The maximum atomic E-state index is 11.7. The monoisotopic (exact) mass is 398 g/mol.